The summed E-state index contributed by atoms with van der Waals surface area (Å²) in [4.78, 5) is 19.3. The molecule has 0 N–H and O–H groups in total. The maximum Gasteiger partial charge on any atom is 0.231 e. The first-order valence-corrected chi connectivity index (χ1v) is 10.6. The molecule has 0 saturated heterocycles. The Labute approximate surface area is 186 Å². The standard InChI is InChI=1S/C25H24N4O3/c1-28(2)12-4-7-22(30)19-6-3-5-18(13-19)21-15-26-25-11-9-20(27-29(21)25)17-8-10-23-24(14-17)32-16-31-23/h3,5-6,8-11,13-15H,4,7,12,16H2,1-2H3. The number of fused-ring (bicyclic) bond motifs is 2. The molecule has 0 aliphatic carbocycles. The first-order chi connectivity index (χ1) is 15.6. The highest BCUT2D eigenvalue weighted by Crippen LogP contribution is 2.35. The predicted molar refractivity (Wildman–Crippen MR) is 122 cm³/mol. The molecule has 4 aromatic rings. The summed E-state index contributed by atoms with van der Waals surface area (Å²) in [6, 6.07) is 17.4. The highest BCUT2D eigenvalue weighted by atomic mass is 16.7. The minimum atomic E-state index is 0.150. The van der Waals surface area contributed by atoms with Crippen molar-refractivity contribution in [1.29, 1.82) is 0 Å². The second-order valence-electron chi connectivity index (χ2n) is 8.11. The number of aromatic nitrogens is 3. The molecule has 0 atom stereocenters. The lowest BCUT2D eigenvalue weighted by molar-refractivity contribution is 0.0977. The Balaban J connectivity index is 1.46. The second kappa shape index (κ2) is 8.43. The van der Waals surface area contributed by atoms with E-state index in [2.05, 4.69) is 9.88 Å². The lowest BCUT2D eigenvalue weighted by atomic mass is 10.0. The zero-order valence-corrected chi connectivity index (χ0v) is 18.1. The SMILES string of the molecule is CN(C)CCCC(=O)c1cccc(-c2cnc3ccc(-c4ccc5c(c4)OCO5)nn23)c1. The number of rotatable bonds is 7. The van der Waals surface area contributed by atoms with Crippen LogP contribution in [-0.2, 0) is 0 Å². The van der Waals surface area contributed by atoms with E-state index in [1.165, 1.54) is 0 Å². The van der Waals surface area contributed by atoms with Gasteiger partial charge in [0.2, 0.25) is 6.79 Å². The van der Waals surface area contributed by atoms with Crippen molar-refractivity contribution in [2.24, 2.45) is 0 Å². The average molecular weight is 428 g/mol. The third-order valence-electron chi connectivity index (χ3n) is 5.52. The Kier molecular flexibility index (Phi) is 5.33. The van der Waals surface area contributed by atoms with Crippen molar-refractivity contribution >= 4 is 11.4 Å². The molecule has 3 heterocycles. The normalized spacial score (nSPS) is 12.6. The second-order valence-corrected chi connectivity index (χ2v) is 8.11. The summed E-state index contributed by atoms with van der Waals surface area (Å²) < 4.78 is 12.7. The van der Waals surface area contributed by atoms with E-state index in [9.17, 15) is 4.79 Å². The predicted octanol–water partition coefficient (Wildman–Crippen LogP) is 4.32. The highest BCUT2D eigenvalue weighted by Gasteiger charge is 2.16. The van der Waals surface area contributed by atoms with Crippen molar-refractivity contribution in [2.45, 2.75) is 12.8 Å². The van der Waals surface area contributed by atoms with Gasteiger partial charge in [0, 0.05) is 23.1 Å². The summed E-state index contributed by atoms with van der Waals surface area (Å²) in [5.41, 5.74) is 4.93. The van der Waals surface area contributed by atoms with Gasteiger partial charge < -0.3 is 14.4 Å². The van der Waals surface area contributed by atoms with E-state index in [4.69, 9.17) is 14.6 Å². The fraction of sp³-hybridized carbons (Fsp3) is 0.240. The smallest absolute Gasteiger partial charge is 0.231 e. The number of Topliss-reactive ketones (excluding diaryl/α,β-unsaturated/α-hetero) is 1. The van der Waals surface area contributed by atoms with E-state index in [0.29, 0.717) is 12.0 Å². The number of ether oxygens (including phenoxy) is 2. The Morgan fingerprint density at radius 3 is 2.78 bits per heavy atom. The molecule has 2 aromatic heterocycles. The van der Waals surface area contributed by atoms with Gasteiger partial charge in [0.05, 0.1) is 17.6 Å². The van der Waals surface area contributed by atoms with Crippen molar-refractivity contribution in [2.75, 3.05) is 27.4 Å². The molecule has 32 heavy (non-hydrogen) atoms. The van der Waals surface area contributed by atoms with E-state index < -0.39 is 0 Å². The van der Waals surface area contributed by atoms with E-state index >= 15 is 0 Å². The van der Waals surface area contributed by atoms with Crippen molar-refractivity contribution in [3.05, 3.63) is 66.4 Å². The highest BCUT2D eigenvalue weighted by molar-refractivity contribution is 5.97. The number of imidazole rings is 1. The third kappa shape index (κ3) is 3.94. The van der Waals surface area contributed by atoms with Crippen molar-refractivity contribution in [1.82, 2.24) is 19.5 Å². The molecule has 0 amide bonds. The van der Waals surface area contributed by atoms with Crippen LogP contribution in [0.5, 0.6) is 11.5 Å². The summed E-state index contributed by atoms with van der Waals surface area (Å²) in [5.74, 6) is 1.61. The number of carbonyl (C=O) groups is 1. The van der Waals surface area contributed by atoms with Gasteiger partial charge in [-0.05, 0) is 63.5 Å². The Hall–Kier alpha value is -3.71. The zero-order valence-electron chi connectivity index (χ0n) is 18.1. The van der Waals surface area contributed by atoms with Gasteiger partial charge in [0.1, 0.15) is 0 Å². The monoisotopic (exact) mass is 428 g/mol. The summed E-state index contributed by atoms with van der Waals surface area (Å²) >= 11 is 0. The van der Waals surface area contributed by atoms with Crippen LogP contribution < -0.4 is 9.47 Å². The van der Waals surface area contributed by atoms with Gasteiger partial charge in [0.15, 0.2) is 22.9 Å². The van der Waals surface area contributed by atoms with Crippen LogP contribution in [0.15, 0.2) is 60.8 Å². The van der Waals surface area contributed by atoms with Gasteiger partial charge in [-0.15, -0.1) is 0 Å². The lowest BCUT2D eigenvalue weighted by Gasteiger charge is -2.09. The fourth-order valence-electron chi connectivity index (χ4n) is 3.83. The first kappa shape index (κ1) is 20.2. The van der Waals surface area contributed by atoms with Gasteiger partial charge in [-0.3, -0.25) is 4.79 Å². The van der Waals surface area contributed by atoms with Gasteiger partial charge in [0.25, 0.3) is 0 Å². The van der Waals surface area contributed by atoms with E-state index in [-0.39, 0.29) is 12.6 Å². The average Bonchev–Trinajstić information content (AvgIpc) is 3.44. The van der Waals surface area contributed by atoms with Gasteiger partial charge in [-0.1, -0.05) is 18.2 Å². The zero-order chi connectivity index (χ0) is 22.1. The number of carbonyl (C=O) groups excluding carboxylic acids is 1. The van der Waals surface area contributed by atoms with Crippen LogP contribution in [0.25, 0.3) is 28.2 Å². The molecule has 162 valence electrons. The number of hydrogen-bond acceptors (Lipinski definition) is 6. The first-order valence-electron chi connectivity index (χ1n) is 10.6. The van der Waals surface area contributed by atoms with Gasteiger partial charge in [-0.25, -0.2) is 9.50 Å². The number of hydrogen-bond donors (Lipinski definition) is 0. The van der Waals surface area contributed by atoms with Crippen LogP contribution in [0.1, 0.15) is 23.2 Å². The van der Waals surface area contributed by atoms with E-state index in [0.717, 1.165) is 52.6 Å². The molecule has 0 radical (unpaired) electrons. The van der Waals surface area contributed by atoms with Crippen molar-refractivity contribution in [3.8, 4) is 34.0 Å². The molecule has 0 bridgehead atoms. The van der Waals surface area contributed by atoms with Crippen LogP contribution in [0.4, 0.5) is 0 Å². The third-order valence-corrected chi connectivity index (χ3v) is 5.52. The van der Waals surface area contributed by atoms with Crippen molar-refractivity contribution < 1.29 is 14.3 Å². The Morgan fingerprint density at radius 2 is 1.91 bits per heavy atom. The molecule has 0 fully saturated rings. The van der Waals surface area contributed by atoms with Crippen LogP contribution >= 0.6 is 0 Å². The van der Waals surface area contributed by atoms with Crippen LogP contribution in [-0.4, -0.2) is 52.7 Å². The van der Waals surface area contributed by atoms with Crippen LogP contribution in [0.3, 0.4) is 0 Å². The molecule has 1 aliphatic heterocycles. The molecule has 1 aliphatic rings. The minimum Gasteiger partial charge on any atom is -0.454 e. The largest absolute Gasteiger partial charge is 0.454 e. The number of benzene rings is 2. The molecule has 7 heteroatoms. The van der Waals surface area contributed by atoms with Gasteiger partial charge in [-0.2, -0.15) is 5.10 Å². The lowest BCUT2D eigenvalue weighted by Crippen LogP contribution is -2.14. The summed E-state index contributed by atoms with van der Waals surface area (Å²) in [6.07, 6.45) is 3.16. The summed E-state index contributed by atoms with van der Waals surface area (Å²) in [6.45, 7) is 1.13. The Bertz CT molecular complexity index is 1300. The number of nitrogens with zero attached hydrogens (tertiary/aromatic N) is 4. The fourth-order valence-corrected chi connectivity index (χ4v) is 3.83. The molecule has 2 aromatic carbocycles. The number of ketones is 1. The molecular formula is C25H24N4O3. The quantitative estimate of drug-likeness (QED) is 0.409. The molecule has 7 nitrogen and oxygen atoms in total. The van der Waals surface area contributed by atoms with E-state index in [1.807, 2.05) is 73.2 Å². The van der Waals surface area contributed by atoms with E-state index in [1.54, 1.807) is 6.20 Å². The molecular weight excluding hydrogens is 404 g/mol. The maximum atomic E-state index is 12.7. The summed E-state index contributed by atoms with van der Waals surface area (Å²) in [5, 5.41) is 4.82. The molecule has 0 saturated carbocycles. The molecule has 0 spiro atoms. The van der Waals surface area contributed by atoms with Crippen molar-refractivity contribution in [3.63, 3.8) is 0 Å². The maximum absolute atomic E-state index is 12.7. The van der Waals surface area contributed by atoms with Gasteiger partial charge >= 0.3 is 0 Å². The van der Waals surface area contributed by atoms with Crippen LogP contribution in [0, 0.1) is 0 Å². The molecule has 0 unspecified atom stereocenters. The van der Waals surface area contributed by atoms with Crippen LogP contribution in [0.2, 0.25) is 0 Å². The molecule has 5 rings (SSSR count). The summed E-state index contributed by atoms with van der Waals surface area (Å²) in [7, 11) is 4.03. The minimum absolute atomic E-state index is 0.150. The topological polar surface area (TPSA) is 69.0 Å². The Morgan fingerprint density at radius 1 is 1.03 bits per heavy atom.